The van der Waals surface area contributed by atoms with Crippen LogP contribution in [0.4, 0.5) is 5.69 Å². The van der Waals surface area contributed by atoms with Gasteiger partial charge in [0, 0.05) is 35.8 Å². The van der Waals surface area contributed by atoms with E-state index >= 15 is 0 Å². The van der Waals surface area contributed by atoms with E-state index in [0.29, 0.717) is 17.2 Å². The Bertz CT molecular complexity index is 515. The molecule has 0 bridgehead atoms. The number of amides is 2. The Morgan fingerprint density at radius 2 is 1.65 bits per heavy atom. The summed E-state index contributed by atoms with van der Waals surface area (Å²) in [6.45, 7) is 3.33. The van der Waals surface area contributed by atoms with Crippen LogP contribution in [0.2, 0.25) is 0 Å². The summed E-state index contributed by atoms with van der Waals surface area (Å²) in [6.07, 6.45) is 0. The molecule has 8 heteroatoms. The normalized spacial score (nSPS) is 12.4. The Hall–Kier alpha value is -1.99. The molecule has 0 aromatic heterocycles. The van der Waals surface area contributed by atoms with E-state index in [1.807, 2.05) is 0 Å². The largest absolute Gasteiger partial charge is 0.497 e. The molecule has 0 aliphatic carbocycles. The van der Waals surface area contributed by atoms with Gasteiger partial charge >= 0.3 is 0 Å². The number of nitrogens with one attached hydrogen (secondary N) is 2. The minimum atomic E-state index is -0.357. The van der Waals surface area contributed by atoms with E-state index in [-0.39, 0.29) is 42.7 Å². The van der Waals surface area contributed by atoms with Crippen LogP contribution in [0.5, 0.6) is 11.5 Å². The molecular formula is C15H24ClN3O4. The van der Waals surface area contributed by atoms with Gasteiger partial charge in [-0.25, -0.2) is 0 Å². The van der Waals surface area contributed by atoms with Crippen molar-refractivity contribution in [1.29, 1.82) is 0 Å². The van der Waals surface area contributed by atoms with Gasteiger partial charge in [0.25, 0.3) is 0 Å². The lowest BCUT2D eigenvalue weighted by molar-refractivity contribution is -0.127. The highest BCUT2D eigenvalue weighted by molar-refractivity contribution is 5.95. The monoisotopic (exact) mass is 345 g/mol. The van der Waals surface area contributed by atoms with E-state index in [4.69, 9.17) is 15.2 Å². The van der Waals surface area contributed by atoms with Crippen LogP contribution in [0.1, 0.15) is 13.8 Å². The lowest BCUT2D eigenvalue weighted by Crippen LogP contribution is -2.41. The van der Waals surface area contributed by atoms with Crippen LogP contribution in [0.15, 0.2) is 18.2 Å². The fraction of sp³-hybridized carbons (Fsp3) is 0.467. The number of carbonyl (C=O) groups excluding carboxylic acids is 2. The lowest BCUT2D eigenvalue weighted by Gasteiger charge is -2.15. The maximum absolute atomic E-state index is 11.9. The number of benzene rings is 1. The van der Waals surface area contributed by atoms with Crippen LogP contribution >= 0.6 is 12.4 Å². The van der Waals surface area contributed by atoms with Crippen molar-refractivity contribution >= 4 is 29.9 Å². The Kier molecular flexibility index (Phi) is 9.05. The third-order valence-electron chi connectivity index (χ3n) is 3.26. The van der Waals surface area contributed by atoms with E-state index in [1.165, 1.54) is 14.2 Å². The van der Waals surface area contributed by atoms with E-state index in [9.17, 15) is 9.59 Å². The van der Waals surface area contributed by atoms with Crippen molar-refractivity contribution in [3.63, 3.8) is 0 Å². The van der Waals surface area contributed by atoms with Crippen molar-refractivity contribution in [2.75, 3.05) is 26.1 Å². The first kappa shape index (κ1) is 21.0. The number of ether oxygens (including phenoxy) is 2. The Morgan fingerprint density at radius 3 is 2.09 bits per heavy atom. The summed E-state index contributed by atoms with van der Waals surface area (Å²) >= 11 is 0. The molecular weight excluding hydrogens is 322 g/mol. The predicted octanol–water partition coefficient (Wildman–Crippen LogP) is 1.16. The van der Waals surface area contributed by atoms with Crippen LogP contribution in [-0.4, -0.2) is 38.6 Å². The molecule has 2 atom stereocenters. The van der Waals surface area contributed by atoms with Crippen LogP contribution in [0.3, 0.4) is 0 Å². The molecule has 0 fully saturated rings. The van der Waals surface area contributed by atoms with Crippen LogP contribution in [0.25, 0.3) is 0 Å². The van der Waals surface area contributed by atoms with Gasteiger partial charge in [0.2, 0.25) is 11.8 Å². The molecule has 0 saturated carbocycles. The third kappa shape index (κ3) is 6.75. The molecule has 0 radical (unpaired) electrons. The van der Waals surface area contributed by atoms with Crippen LogP contribution in [0, 0.1) is 5.92 Å². The Labute approximate surface area is 142 Å². The van der Waals surface area contributed by atoms with Gasteiger partial charge in [-0.2, -0.15) is 0 Å². The minimum absolute atomic E-state index is 0. The number of nitrogens with two attached hydrogens (primary N) is 1. The maximum Gasteiger partial charge on any atom is 0.243 e. The third-order valence-corrected chi connectivity index (χ3v) is 3.26. The average molecular weight is 346 g/mol. The fourth-order valence-electron chi connectivity index (χ4n) is 1.65. The van der Waals surface area contributed by atoms with Crippen LogP contribution < -0.4 is 25.8 Å². The second-order valence-electron chi connectivity index (χ2n) is 5.02. The van der Waals surface area contributed by atoms with Crippen molar-refractivity contribution < 1.29 is 19.1 Å². The van der Waals surface area contributed by atoms with Gasteiger partial charge in [0.1, 0.15) is 11.5 Å². The molecule has 0 spiro atoms. The van der Waals surface area contributed by atoms with E-state index in [2.05, 4.69) is 10.6 Å². The zero-order valence-corrected chi connectivity index (χ0v) is 14.5. The van der Waals surface area contributed by atoms with Gasteiger partial charge in [0.15, 0.2) is 0 Å². The van der Waals surface area contributed by atoms with E-state index < -0.39 is 0 Å². The Morgan fingerprint density at radius 1 is 1.13 bits per heavy atom. The molecule has 1 aromatic rings. The summed E-state index contributed by atoms with van der Waals surface area (Å²) in [5.74, 6) is 0.159. The zero-order chi connectivity index (χ0) is 16.7. The summed E-state index contributed by atoms with van der Waals surface area (Å²) in [7, 11) is 3.05. The second kappa shape index (κ2) is 9.91. The lowest BCUT2D eigenvalue weighted by atomic mass is 10.0. The number of hydrogen-bond donors (Lipinski definition) is 3. The standard InChI is InChI=1S/C15H23N3O4.ClH/c1-9(10(2)16)15(20)17-8-14(19)18-11-5-12(21-3)7-13(6-11)22-4;/h5-7,9-10H,8,16H2,1-4H3,(H,17,20)(H,18,19);1H. The number of methoxy groups -OCH3 is 2. The highest BCUT2D eigenvalue weighted by atomic mass is 35.5. The molecule has 1 rings (SSSR count). The van der Waals surface area contributed by atoms with Crippen molar-refractivity contribution in [1.82, 2.24) is 5.32 Å². The molecule has 1 aromatic carbocycles. The molecule has 4 N–H and O–H groups in total. The smallest absolute Gasteiger partial charge is 0.243 e. The van der Waals surface area contributed by atoms with Gasteiger partial charge in [0.05, 0.1) is 20.8 Å². The molecule has 0 aliphatic heterocycles. The first-order chi connectivity index (χ1) is 10.4. The van der Waals surface area contributed by atoms with Crippen LogP contribution in [-0.2, 0) is 9.59 Å². The summed E-state index contributed by atoms with van der Waals surface area (Å²) in [6, 6.07) is 4.74. The molecule has 130 valence electrons. The van der Waals surface area contributed by atoms with Gasteiger partial charge in [-0.1, -0.05) is 6.92 Å². The molecule has 0 saturated heterocycles. The number of halogens is 1. The number of anilines is 1. The van der Waals surface area contributed by atoms with Gasteiger partial charge in [-0.15, -0.1) is 12.4 Å². The highest BCUT2D eigenvalue weighted by Gasteiger charge is 2.17. The maximum atomic E-state index is 11.9. The molecule has 23 heavy (non-hydrogen) atoms. The van der Waals surface area contributed by atoms with E-state index in [1.54, 1.807) is 32.0 Å². The number of rotatable bonds is 7. The Balaban J connectivity index is 0.00000484. The minimum Gasteiger partial charge on any atom is -0.497 e. The molecule has 0 heterocycles. The van der Waals surface area contributed by atoms with Crippen molar-refractivity contribution in [3.05, 3.63) is 18.2 Å². The second-order valence-corrected chi connectivity index (χ2v) is 5.02. The van der Waals surface area contributed by atoms with Crippen molar-refractivity contribution in [2.45, 2.75) is 19.9 Å². The SMILES string of the molecule is COc1cc(NC(=O)CNC(=O)C(C)C(C)N)cc(OC)c1.Cl. The summed E-state index contributed by atoms with van der Waals surface area (Å²) in [5.41, 5.74) is 6.17. The van der Waals surface area contributed by atoms with Gasteiger partial charge < -0.3 is 25.8 Å². The summed E-state index contributed by atoms with van der Waals surface area (Å²) < 4.78 is 10.2. The van der Waals surface area contributed by atoms with Gasteiger partial charge in [-0.3, -0.25) is 9.59 Å². The zero-order valence-electron chi connectivity index (χ0n) is 13.7. The number of hydrogen-bond acceptors (Lipinski definition) is 5. The van der Waals surface area contributed by atoms with Crippen molar-refractivity contribution in [2.24, 2.45) is 11.7 Å². The van der Waals surface area contributed by atoms with Crippen molar-refractivity contribution in [3.8, 4) is 11.5 Å². The average Bonchev–Trinajstić information content (AvgIpc) is 2.51. The molecule has 7 nitrogen and oxygen atoms in total. The van der Waals surface area contributed by atoms with E-state index in [0.717, 1.165) is 0 Å². The highest BCUT2D eigenvalue weighted by Crippen LogP contribution is 2.25. The van der Waals surface area contributed by atoms with Gasteiger partial charge in [-0.05, 0) is 6.92 Å². The quantitative estimate of drug-likeness (QED) is 0.688. The topological polar surface area (TPSA) is 103 Å². The fourth-order valence-corrected chi connectivity index (χ4v) is 1.65. The first-order valence-corrected chi connectivity index (χ1v) is 6.93. The molecule has 2 amide bonds. The summed E-state index contributed by atoms with van der Waals surface area (Å²) in [5, 5.41) is 5.22. The summed E-state index contributed by atoms with van der Waals surface area (Å²) in [4.78, 5) is 23.6. The number of carbonyl (C=O) groups is 2. The molecule has 0 aliphatic rings. The predicted molar refractivity (Wildman–Crippen MR) is 91.2 cm³/mol. The molecule has 2 unspecified atom stereocenters. The first-order valence-electron chi connectivity index (χ1n) is 6.93.